The minimum Gasteiger partial charge on any atom is -0.445 e. The van der Waals surface area contributed by atoms with Crippen molar-refractivity contribution < 1.29 is 14.3 Å². The molecule has 0 bridgehead atoms. The molecule has 3 fully saturated rings. The zero-order valence-corrected chi connectivity index (χ0v) is 16.5. The molecule has 2 aliphatic heterocycles. The third-order valence-electron chi connectivity index (χ3n) is 6.16. The van der Waals surface area contributed by atoms with Gasteiger partial charge in [0.2, 0.25) is 5.91 Å². The number of piperidine rings is 2. The summed E-state index contributed by atoms with van der Waals surface area (Å²) < 4.78 is 5.44. The van der Waals surface area contributed by atoms with E-state index in [-0.39, 0.29) is 6.09 Å². The lowest BCUT2D eigenvalue weighted by Gasteiger charge is -2.37. The van der Waals surface area contributed by atoms with Crippen molar-refractivity contribution in [3.8, 4) is 0 Å². The van der Waals surface area contributed by atoms with Gasteiger partial charge in [-0.15, -0.1) is 0 Å². The third kappa shape index (κ3) is 5.04. The highest BCUT2D eigenvalue weighted by Gasteiger charge is 2.35. The molecule has 1 aromatic carbocycles. The number of ether oxygens (including phenoxy) is 1. The molecule has 1 N–H and O–H groups in total. The summed E-state index contributed by atoms with van der Waals surface area (Å²) >= 11 is 0. The first-order valence-corrected chi connectivity index (χ1v) is 10.7. The van der Waals surface area contributed by atoms with Gasteiger partial charge in [0.05, 0.1) is 0 Å². The van der Waals surface area contributed by atoms with E-state index < -0.39 is 0 Å². The lowest BCUT2D eigenvalue weighted by molar-refractivity contribution is -0.133. The molecule has 0 radical (unpaired) electrons. The fourth-order valence-corrected chi connectivity index (χ4v) is 4.23. The smallest absolute Gasteiger partial charge is 0.410 e. The zero-order valence-electron chi connectivity index (χ0n) is 16.5. The lowest BCUT2D eigenvalue weighted by atomic mass is 9.99. The van der Waals surface area contributed by atoms with Crippen LogP contribution in [0.4, 0.5) is 4.79 Å². The number of likely N-dealkylation sites (tertiary alicyclic amines) is 2. The molecule has 3 aliphatic rings. The molecule has 6 heteroatoms. The Morgan fingerprint density at radius 1 is 0.857 bits per heavy atom. The van der Waals surface area contributed by atoms with Gasteiger partial charge in [-0.05, 0) is 44.1 Å². The topological polar surface area (TPSA) is 61.9 Å². The highest BCUT2D eigenvalue weighted by atomic mass is 16.6. The molecular weight excluding hydrogens is 354 g/mol. The van der Waals surface area contributed by atoms with Gasteiger partial charge in [-0.2, -0.15) is 0 Å². The van der Waals surface area contributed by atoms with Crippen LogP contribution in [0.15, 0.2) is 30.3 Å². The van der Waals surface area contributed by atoms with Crippen LogP contribution in [0.1, 0.15) is 44.1 Å². The number of amides is 2. The van der Waals surface area contributed by atoms with Gasteiger partial charge in [0.1, 0.15) is 6.61 Å². The standard InChI is InChI=1S/C22H31N3O3/c26-21(18-6-7-18)24-12-8-19(9-13-24)23-20-10-14-25(15-11-20)22(27)28-16-17-4-2-1-3-5-17/h1-5,18-20,23H,6-16H2. The van der Waals surface area contributed by atoms with Gasteiger partial charge in [-0.25, -0.2) is 4.79 Å². The summed E-state index contributed by atoms with van der Waals surface area (Å²) in [7, 11) is 0. The summed E-state index contributed by atoms with van der Waals surface area (Å²) in [5.74, 6) is 0.705. The van der Waals surface area contributed by atoms with Gasteiger partial charge in [0.25, 0.3) is 0 Å². The molecule has 0 aromatic heterocycles. The number of carbonyl (C=O) groups is 2. The van der Waals surface area contributed by atoms with Gasteiger partial charge in [0, 0.05) is 44.2 Å². The van der Waals surface area contributed by atoms with Crippen molar-refractivity contribution in [2.45, 2.75) is 57.2 Å². The zero-order chi connectivity index (χ0) is 19.3. The van der Waals surface area contributed by atoms with Crippen LogP contribution < -0.4 is 5.32 Å². The molecule has 1 aromatic rings. The van der Waals surface area contributed by atoms with Gasteiger partial charge in [-0.3, -0.25) is 4.79 Å². The largest absolute Gasteiger partial charge is 0.445 e. The Bertz CT molecular complexity index is 661. The predicted octanol–water partition coefficient (Wildman–Crippen LogP) is 2.78. The lowest BCUT2D eigenvalue weighted by Crippen LogP contribution is -2.51. The second-order valence-corrected chi connectivity index (χ2v) is 8.34. The fraction of sp³-hybridized carbons (Fsp3) is 0.636. The molecule has 152 valence electrons. The maximum Gasteiger partial charge on any atom is 0.410 e. The van der Waals surface area contributed by atoms with Crippen LogP contribution in [0.2, 0.25) is 0 Å². The van der Waals surface area contributed by atoms with Crippen LogP contribution in [-0.2, 0) is 16.1 Å². The van der Waals surface area contributed by atoms with Crippen LogP contribution in [-0.4, -0.2) is 60.1 Å². The van der Waals surface area contributed by atoms with Crippen molar-refractivity contribution in [1.82, 2.24) is 15.1 Å². The number of benzene rings is 1. The van der Waals surface area contributed by atoms with E-state index in [1.165, 1.54) is 0 Å². The number of hydrogen-bond donors (Lipinski definition) is 1. The molecule has 1 aliphatic carbocycles. The molecule has 6 nitrogen and oxygen atoms in total. The van der Waals surface area contributed by atoms with E-state index in [1.54, 1.807) is 0 Å². The average Bonchev–Trinajstić information content (AvgIpc) is 3.59. The van der Waals surface area contributed by atoms with Crippen LogP contribution in [0.25, 0.3) is 0 Å². The van der Waals surface area contributed by atoms with E-state index in [0.717, 1.165) is 70.3 Å². The van der Waals surface area contributed by atoms with Crippen LogP contribution >= 0.6 is 0 Å². The number of carbonyl (C=O) groups excluding carboxylic acids is 2. The molecular formula is C22H31N3O3. The van der Waals surface area contributed by atoms with E-state index in [9.17, 15) is 9.59 Å². The minimum absolute atomic E-state index is 0.214. The minimum atomic E-state index is -0.214. The van der Waals surface area contributed by atoms with Gasteiger partial charge < -0.3 is 19.9 Å². The molecule has 2 saturated heterocycles. The fourth-order valence-electron chi connectivity index (χ4n) is 4.23. The Kier molecular flexibility index (Phi) is 6.15. The van der Waals surface area contributed by atoms with E-state index in [0.29, 0.717) is 30.5 Å². The molecule has 2 amide bonds. The number of hydrogen-bond acceptors (Lipinski definition) is 4. The summed E-state index contributed by atoms with van der Waals surface area (Å²) in [5, 5.41) is 3.76. The Balaban J connectivity index is 1.13. The van der Waals surface area contributed by atoms with E-state index in [4.69, 9.17) is 4.74 Å². The van der Waals surface area contributed by atoms with E-state index in [1.807, 2.05) is 35.2 Å². The number of rotatable bonds is 5. The first-order valence-electron chi connectivity index (χ1n) is 10.7. The third-order valence-corrected chi connectivity index (χ3v) is 6.16. The Labute approximate surface area is 167 Å². The van der Waals surface area contributed by atoms with Crippen molar-refractivity contribution in [3.05, 3.63) is 35.9 Å². The average molecular weight is 386 g/mol. The Morgan fingerprint density at radius 3 is 2.00 bits per heavy atom. The maximum absolute atomic E-state index is 12.3. The van der Waals surface area contributed by atoms with Gasteiger partial charge in [0.15, 0.2) is 0 Å². The first-order chi connectivity index (χ1) is 13.7. The van der Waals surface area contributed by atoms with Gasteiger partial charge >= 0.3 is 6.09 Å². The second kappa shape index (κ2) is 8.95. The summed E-state index contributed by atoms with van der Waals surface area (Å²) in [6, 6.07) is 10.7. The van der Waals surface area contributed by atoms with Crippen molar-refractivity contribution in [3.63, 3.8) is 0 Å². The van der Waals surface area contributed by atoms with Crippen molar-refractivity contribution in [2.75, 3.05) is 26.2 Å². The van der Waals surface area contributed by atoms with E-state index >= 15 is 0 Å². The summed E-state index contributed by atoms with van der Waals surface area (Å²) in [6.45, 7) is 3.58. The molecule has 0 unspecified atom stereocenters. The number of nitrogens with one attached hydrogen (secondary N) is 1. The van der Waals surface area contributed by atoms with Gasteiger partial charge in [-0.1, -0.05) is 30.3 Å². The van der Waals surface area contributed by atoms with Crippen molar-refractivity contribution in [1.29, 1.82) is 0 Å². The number of nitrogens with zero attached hydrogens (tertiary/aromatic N) is 2. The monoisotopic (exact) mass is 385 g/mol. The summed E-state index contributed by atoms with van der Waals surface area (Å²) in [4.78, 5) is 28.3. The molecule has 0 spiro atoms. The molecule has 0 atom stereocenters. The molecule has 2 heterocycles. The summed E-state index contributed by atoms with van der Waals surface area (Å²) in [5.41, 5.74) is 1.01. The normalized spacial score (nSPS) is 21.6. The SMILES string of the molecule is O=C(OCc1ccccc1)N1CCC(NC2CCN(C(=O)C3CC3)CC2)CC1. The molecule has 1 saturated carbocycles. The van der Waals surface area contributed by atoms with Crippen LogP contribution in [0.3, 0.4) is 0 Å². The highest BCUT2D eigenvalue weighted by Crippen LogP contribution is 2.32. The molecule has 4 rings (SSSR count). The van der Waals surface area contributed by atoms with Crippen LogP contribution in [0.5, 0.6) is 0 Å². The van der Waals surface area contributed by atoms with Crippen molar-refractivity contribution >= 4 is 12.0 Å². The highest BCUT2D eigenvalue weighted by molar-refractivity contribution is 5.81. The first kappa shape index (κ1) is 19.2. The van der Waals surface area contributed by atoms with E-state index in [2.05, 4.69) is 10.2 Å². The summed E-state index contributed by atoms with van der Waals surface area (Å²) in [6.07, 6.45) is 5.96. The van der Waals surface area contributed by atoms with Crippen molar-refractivity contribution in [2.24, 2.45) is 5.92 Å². The molecule has 28 heavy (non-hydrogen) atoms. The predicted molar refractivity (Wildman–Crippen MR) is 107 cm³/mol. The maximum atomic E-state index is 12.3. The van der Waals surface area contributed by atoms with Crippen LogP contribution in [0, 0.1) is 5.92 Å². The second-order valence-electron chi connectivity index (χ2n) is 8.34. The Hall–Kier alpha value is -2.08. The quantitative estimate of drug-likeness (QED) is 0.847. The Morgan fingerprint density at radius 2 is 1.43 bits per heavy atom.